The molecule has 0 amide bonds. The molecule has 0 heterocycles. The zero-order valence-electron chi connectivity index (χ0n) is 19.2. The van der Waals surface area contributed by atoms with Crippen molar-refractivity contribution in [1.29, 1.82) is 10.5 Å². The van der Waals surface area contributed by atoms with Gasteiger partial charge in [0.05, 0.1) is 12.2 Å². The van der Waals surface area contributed by atoms with Gasteiger partial charge in [0, 0.05) is 0 Å². The van der Waals surface area contributed by atoms with E-state index in [0.717, 1.165) is 36.7 Å². The van der Waals surface area contributed by atoms with Crippen molar-refractivity contribution in [3.63, 3.8) is 0 Å². The number of rotatable bonds is 13. The molecular formula is C27H40N2O. The van der Waals surface area contributed by atoms with Crippen molar-refractivity contribution in [1.82, 2.24) is 0 Å². The fourth-order valence-electron chi connectivity index (χ4n) is 4.86. The van der Waals surface area contributed by atoms with Gasteiger partial charge in [0.2, 0.25) is 0 Å². The second-order valence-corrected chi connectivity index (χ2v) is 9.03. The van der Waals surface area contributed by atoms with E-state index in [1.54, 1.807) is 0 Å². The first-order valence-corrected chi connectivity index (χ1v) is 12.3. The van der Waals surface area contributed by atoms with Crippen LogP contribution in [-0.2, 0) is 6.42 Å². The van der Waals surface area contributed by atoms with E-state index >= 15 is 0 Å². The average molecular weight is 409 g/mol. The Labute approximate surface area is 184 Å². The molecule has 3 heteroatoms. The van der Waals surface area contributed by atoms with Crippen LogP contribution in [0, 0.1) is 34.5 Å². The van der Waals surface area contributed by atoms with Crippen molar-refractivity contribution in [3.8, 4) is 17.9 Å². The topological polar surface area (TPSA) is 56.8 Å². The highest BCUT2D eigenvalue weighted by Gasteiger charge is 2.20. The summed E-state index contributed by atoms with van der Waals surface area (Å²) in [5, 5.41) is 19.0. The highest BCUT2D eigenvalue weighted by Crippen LogP contribution is 2.34. The molecule has 1 aromatic carbocycles. The van der Waals surface area contributed by atoms with Crippen LogP contribution in [0.3, 0.4) is 0 Å². The molecular weight excluding hydrogens is 368 g/mol. The van der Waals surface area contributed by atoms with Gasteiger partial charge in [0.15, 0.2) is 0 Å². The van der Waals surface area contributed by atoms with Gasteiger partial charge in [0.1, 0.15) is 23.5 Å². The number of nitriles is 2. The fraction of sp³-hybridized carbons (Fsp3) is 0.704. The van der Waals surface area contributed by atoms with E-state index in [1.807, 2.05) is 12.1 Å². The minimum Gasteiger partial charge on any atom is -0.492 e. The van der Waals surface area contributed by atoms with E-state index in [4.69, 9.17) is 4.74 Å². The number of hydrogen-bond donors (Lipinski definition) is 0. The molecule has 1 aromatic rings. The Morgan fingerprint density at radius 1 is 0.800 bits per heavy atom. The molecule has 1 saturated carbocycles. The molecule has 0 atom stereocenters. The van der Waals surface area contributed by atoms with Gasteiger partial charge in [-0.1, -0.05) is 90.5 Å². The number of aryl methyl sites for hydroxylation is 1. The molecule has 0 aliphatic heterocycles. The Hall–Kier alpha value is -2.00. The molecule has 30 heavy (non-hydrogen) atoms. The monoisotopic (exact) mass is 408 g/mol. The zero-order chi connectivity index (χ0) is 21.6. The quantitative estimate of drug-likeness (QED) is 0.314. The van der Waals surface area contributed by atoms with Crippen molar-refractivity contribution in [2.75, 3.05) is 6.61 Å². The maximum Gasteiger partial charge on any atom is 0.138 e. The lowest BCUT2D eigenvalue weighted by Gasteiger charge is -2.28. The first-order chi connectivity index (χ1) is 14.7. The van der Waals surface area contributed by atoms with E-state index in [9.17, 15) is 10.5 Å². The summed E-state index contributed by atoms with van der Waals surface area (Å²) in [5.41, 5.74) is 1.85. The van der Waals surface area contributed by atoms with E-state index < -0.39 is 0 Å². The van der Waals surface area contributed by atoms with Crippen LogP contribution in [0.1, 0.15) is 114 Å². The summed E-state index contributed by atoms with van der Waals surface area (Å²) in [6, 6.07) is 8.22. The third kappa shape index (κ3) is 7.68. The molecule has 164 valence electrons. The second kappa shape index (κ2) is 14.1. The molecule has 0 radical (unpaired) electrons. The van der Waals surface area contributed by atoms with Crippen LogP contribution in [0.15, 0.2) is 12.1 Å². The predicted molar refractivity (Wildman–Crippen MR) is 123 cm³/mol. The van der Waals surface area contributed by atoms with Crippen LogP contribution in [0.2, 0.25) is 0 Å². The number of benzene rings is 1. The van der Waals surface area contributed by atoms with Gasteiger partial charge >= 0.3 is 0 Å². The van der Waals surface area contributed by atoms with Crippen LogP contribution in [-0.4, -0.2) is 6.61 Å². The SMILES string of the molecule is CCCCCCC[C@H]1CC[C@H](CCCOc2ccc(CCC)c(C#N)c2C#N)CC1. The molecule has 0 N–H and O–H groups in total. The summed E-state index contributed by atoms with van der Waals surface area (Å²) in [6.07, 6.45) is 18.0. The first-order valence-electron chi connectivity index (χ1n) is 12.3. The minimum absolute atomic E-state index is 0.405. The van der Waals surface area contributed by atoms with E-state index in [-0.39, 0.29) is 0 Å². The van der Waals surface area contributed by atoms with E-state index in [2.05, 4.69) is 26.0 Å². The van der Waals surface area contributed by atoms with Gasteiger partial charge in [0.25, 0.3) is 0 Å². The third-order valence-electron chi connectivity index (χ3n) is 6.69. The van der Waals surface area contributed by atoms with Crippen LogP contribution in [0.4, 0.5) is 0 Å². The summed E-state index contributed by atoms with van der Waals surface area (Å²) in [4.78, 5) is 0. The summed E-state index contributed by atoms with van der Waals surface area (Å²) >= 11 is 0. The number of ether oxygens (including phenoxy) is 1. The normalized spacial score (nSPS) is 18.5. The Balaban J connectivity index is 1.69. The molecule has 3 nitrogen and oxygen atoms in total. The van der Waals surface area contributed by atoms with Gasteiger partial charge in [-0.25, -0.2) is 0 Å². The standard InChI is InChI=1S/C27H40N2O/c1-3-5-6-7-8-11-22-13-15-23(16-14-22)12-9-19-30-27-18-17-24(10-4-2)25(20-28)26(27)21-29/h17-18,22-23H,3-16,19H2,1-2H3/t22-,23-. The fourth-order valence-corrected chi connectivity index (χ4v) is 4.86. The van der Waals surface area contributed by atoms with Gasteiger partial charge in [-0.05, 0) is 42.7 Å². The number of hydrogen-bond acceptors (Lipinski definition) is 3. The number of nitrogens with zero attached hydrogens (tertiary/aromatic N) is 2. The maximum atomic E-state index is 9.53. The lowest BCUT2D eigenvalue weighted by Crippen LogP contribution is -2.15. The largest absolute Gasteiger partial charge is 0.492 e. The Morgan fingerprint density at radius 2 is 1.43 bits per heavy atom. The zero-order valence-corrected chi connectivity index (χ0v) is 19.2. The predicted octanol–water partition coefficient (Wildman–Crippen LogP) is 7.71. The van der Waals surface area contributed by atoms with E-state index in [1.165, 1.54) is 70.6 Å². The van der Waals surface area contributed by atoms with Gasteiger partial charge in [-0.15, -0.1) is 0 Å². The minimum atomic E-state index is 0.405. The Morgan fingerprint density at radius 3 is 2.03 bits per heavy atom. The molecule has 0 unspecified atom stereocenters. The van der Waals surface area contributed by atoms with Crippen LogP contribution in [0.25, 0.3) is 0 Å². The summed E-state index contributed by atoms with van der Waals surface area (Å²) in [6.45, 7) is 4.99. The van der Waals surface area contributed by atoms with Crippen LogP contribution in [0.5, 0.6) is 5.75 Å². The van der Waals surface area contributed by atoms with Crippen molar-refractivity contribution in [3.05, 3.63) is 28.8 Å². The third-order valence-corrected chi connectivity index (χ3v) is 6.69. The van der Waals surface area contributed by atoms with Crippen LogP contribution >= 0.6 is 0 Å². The smallest absolute Gasteiger partial charge is 0.138 e. The summed E-state index contributed by atoms with van der Waals surface area (Å²) < 4.78 is 5.93. The molecule has 1 fully saturated rings. The lowest BCUT2D eigenvalue weighted by molar-refractivity contribution is 0.228. The van der Waals surface area contributed by atoms with Crippen molar-refractivity contribution in [2.24, 2.45) is 11.8 Å². The van der Waals surface area contributed by atoms with Crippen molar-refractivity contribution < 1.29 is 4.74 Å². The maximum absolute atomic E-state index is 9.53. The van der Waals surface area contributed by atoms with Crippen LogP contribution < -0.4 is 4.74 Å². The highest BCUT2D eigenvalue weighted by molar-refractivity contribution is 5.57. The van der Waals surface area contributed by atoms with E-state index in [0.29, 0.717) is 23.5 Å². The van der Waals surface area contributed by atoms with Crippen molar-refractivity contribution >= 4 is 0 Å². The highest BCUT2D eigenvalue weighted by atomic mass is 16.5. The molecule has 0 bridgehead atoms. The molecule has 0 aromatic heterocycles. The van der Waals surface area contributed by atoms with Gasteiger partial charge in [-0.2, -0.15) is 10.5 Å². The Bertz CT molecular complexity index is 705. The number of unbranched alkanes of at least 4 members (excludes halogenated alkanes) is 4. The summed E-state index contributed by atoms with van der Waals surface area (Å²) in [7, 11) is 0. The summed E-state index contributed by atoms with van der Waals surface area (Å²) in [5.74, 6) is 2.37. The Kier molecular flexibility index (Phi) is 11.4. The van der Waals surface area contributed by atoms with Gasteiger partial charge in [-0.3, -0.25) is 0 Å². The molecule has 1 aliphatic carbocycles. The lowest BCUT2D eigenvalue weighted by atomic mass is 9.78. The molecule has 1 aliphatic rings. The average Bonchev–Trinajstić information content (AvgIpc) is 2.78. The van der Waals surface area contributed by atoms with Gasteiger partial charge < -0.3 is 4.74 Å². The molecule has 2 rings (SSSR count). The van der Waals surface area contributed by atoms with Crippen molar-refractivity contribution in [2.45, 2.75) is 104 Å². The second-order valence-electron chi connectivity index (χ2n) is 9.03. The molecule has 0 spiro atoms. The first kappa shape index (κ1) is 24.3. The molecule has 0 saturated heterocycles.